The van der Waals surface area contributed by atoms with Crippen LogP contribution in [0.3, 0.4) is 0 Å². The van der Waals surface area contributed by atoms with Crippen LogP contribution in [-0.2, 0) is 9.53 Å². The Morgan fingerprint density at radius 3 is 2.41 bits per heavy atom. The number of fused-ring (bicyclic) bond motifs is 1. The number of imidazole rings is 1. The summed E-state index contributed by atoms with van der Waals surface area (Å²) in [5.41, 5.74) is 4.24. The number of imide groups is 1. The maximum Gasteiger partial charge on any atom is 0.331 e. The molecule has 9 nitrogen and oxygen atoms in total. The van der Waals surface area contributed by atoms with Gasteiger partial charge in [0.1, 0.15) is 17.6 Å². The predicted octanol–water partition coefficient (Wildman–Crippen LogP) is 6.25. The van der Waals surface area contributed by atoms with Crippen LogP contribution in [0, 0.1) is 25.5 Å². The Labute approximate surface area is 235 Å². The fraction of sp³-hybridized carbons (Fsp3) is 0.400. The van der Waals surface area contributed by atoms with Crippen LogP contribution in [0.2, 0.25) is 0 Å². The molecule has 2 fully saturated rings. The van der Waals surface area contributed by atoms with Crippen molar-refractivity contribution in [1.82, 2.24) is 19.6 Å². The zero-order valence-electron chi connectivity index (χ0n) is 23.4. The highest BCUT2D eigenvalue weighted by Crippen LogP contribution is 2.41. The molecule has 2 aliphatic rings. The summed E-state index contributed by atoms with van der Waals surface area (Å²) in [6, 6.07) is 7.85. The number of nitrogens with zero attached hydrogens (tertiary/aromatic N) is 5. The van der Waals surface area contributed by atoms with E-state index in [1.807, 2.05) is 32.0 Å². The number of urea groups is 1. The maximum absolute atomic E-state index is 14.4. The third kappa shape index (κ3) is 4.57. The summed E-state index contributed by atoms with van der Waals surface area (Å²) >= 11 is 0. The number of hydrogen-bond donors (Lipinski definition) is 0. The van der Waals surface area contributed by atoms with Crippen LogP contribution in [0.1, 0.15) is 61.5 Å². The molecule has 6 rings (SSSR count). The molecule has 0 spiro atoms. The lowest BCUT2D eigenvalue weighted by molar-refractivity contribution is -0.128. The summed E-state index contributed by atoms with van der Waals surface area (Å²) in [7, 11) is 3.10. The van der Waals surface area contributed by atoms with Crippen molar-refractivity contribution in [3.63, 3.8) is 0 Å². The number of aryl methyl sites for hydroxylation is 2. The van der Waals surface area contributed by atoms with E-state index in [-0.39, 0.29) is 30.2 Å². The highest BCUT2D eigenvalue weighted by molar-refractivity contribution is 6.06. The zero-order chi connectivity index (χ0) is 29.0. The SMILES string of the molecule is COC1CCC(n2c([C@@H]3CC(=O)N(C)C(=O)N3c3ccc(F)c(F)c3)nc3cc(-c4c(C)noc4C)ccc32)CC1. The van der Waals surface area contributed by atoms with Gasteiger partial charge in [-0.05, 0) is 69.4 Å². The Kier molecular flexibility index (Phi) is 6.85. The number of methoxy groups -OCH3 is 1. The van der Waals surface area contributed by atoms with E-state index < -0.39 is 23.7 Å². The first kappa shape index (κ1) is 27.1. The summed E-state index contributed by atoms with van der Waals surface area (Å²) < 4.78 is 41.3. The smallest absolute Gasteiger partial charge is 0.331 e. The third-order valence-electron chi connectivity index (χ3n) is 8.41. The maximum atomic E-state index is 14.4. The molecule has 0 radical (unpaired) electrons. The minimum absolute atomic E-state index is 0.0444. The molecule has 1 saturated heterocycles. The van der Waals surface area contributed by atoms with Gasteiger partial charge in [0, 0.05) is 37.5 Å². The summed E-state index contributed by atoms with van der Waals surface area (Å²) in [4.78, 5) is 33.9. The van der Waals surface area contributed by atoms with Crippen LogP contribution in [0.4, 0.5) is 19.3 Å². The molecule has 4 aromatic rings. The van der Waals surface area contributed by atoms with Crippen molar-refractivity contribution in [2.24, 2.45) is 0 Å². The van der Waals surface area contributed by atoms with E-state index in [0.29, 0.717) is 17.1 Å². The van der Waals surface area contributed by atoms with E-state index in [4.69, 9.17) is 14.2 Å². The molecular formula is C30H31F2N5O4. The van der Waals surface area contributed by atoms with Crippen LogP contribution in [0.5, 0.6) is 0 Å². The normalized spacial score (nSPS) is 21.8. The summed E-state index contributed by atoms with van der Waals surface area (Å²) in [5, 5.41) is 4.08. The number of hydrogen-bond acceptors (Lipinski definition) is 6. The van der Waals surface area contributed by atoms with Gasteiger partial charge in [-0.25, -0.2) is 18.6 Å². The van der Waals surface area contributed by atoms with Crippen LogP contribution in [0.15, 0.2) is 40.9 Å². The number of amides is 3. The molecule has 1 aliphatic carbocycles. The van der Waals surface area contributed by atoms with E-state index in [2.05, 4.69) is 9.72 Å². The minimum atomic E-state index is -1.08. The van der Waals surface area contributed by atoms with Crippen LogP contribution in [-0.4, -0.2) is 51.8 Å². The Morgan fingerprint density at radius 2 is 1.76 bits per heavy atom. The van der Waals surface area contributed by atoms with E-state index in [1.54, 1.807) is 7.11 Å². The van der Waals surface area contributed by atoms with Gasteiger partial charge in [0.2, 0.25) is 5.91 Å². The topological polar surface area (TPSA) is 93.7 Å². The first-order valence-corrected chi connectivity index (χ1v) is 13.7. The first-order chi connectivity index (χ1) is 19.7. The van der Waals surface area contributed by atoms with E-state index in [0.717, 1.165) is 65.1 Å². The number of aromatic nitrogens is 3. The van der Waals surface area contributed by atoms with Gasteiger partial charge in [-0.15, -0.1) is 0 Å². The third-order valence-corrected chi connectivity index (χ3v) is 8.41. The van der Waals surface area contributed by atoms with E-state index in [9.17, 15) is 18.4 Å². The minimum Gasteiger partial charge on any atom is -0.381 e. The molecule has 3 heterocycles. The number of halogens is 2. The lowest BCUT2D eigenvalue weighted by atomic mass is 9.92. The van der Waals surface area contributed by atoms with Crippen molar-refractivity contribution in [3.8, 4) is 11.1 Å². The van der Waals surface area contributed by atoms with Crippen LogP contribution in [0.25, 0.3) is 22.2 Å². The number of carbonyl (C=O) groups excluding carboxylic acids is 2. The molecule has 214 valence electrons. The average molecular weight is 564 g/mol. The van der Waals surface area contributed by atoms with Gasteiger partial charge in [0.05, 0.1) is 29.3 Å². The van der Waals surface area contributed by atoms with Gasteiger partial charge in [0.15, 0.2) is 11.6 Å². The average Bonchev–Trinajstić information content (AvgIpc) is 3.51. The summed E-state index contributed by atoms with van der Waals surface area (Å²) in [5.74, 6) is -1.26. The lowest BCUT2D eigenvalue weighted by Crippen LogP contribution is -2.52. The monoisotopic (exact) mass is 563 g/mol. The second-order valence-electron chi connectivity index (χ2n) is 10.8. The zero-order valence-corrected chi connectivity index (χ0v) is 23.4. The highest BCUT2D eigenvalue weighted by Gasteiger charge is 2.42. The van der Waals surface area contributed by atoms with Gasteiger partial charge < -0.3 is 13.8 Å². The Hall–Kier alpha value is -4.12. The Morgan fingerprint density at radius 1 is 1.00 bits per heavy atom. The van der Waals surface area contributed by atoms with Crippen molar-refractivity contribution in [1.29, 1.82) is 0 Å². The van der Waals surface area contributed by atoms with Gasteiger partial charge in [-0.1, -0.05) is 11.2 Å². The number of anilines is 1. The van der Waals surface area contributed by atoms with Gasteiger partial charge in [-0.3, -0.25) is 14.6 Å². The van der Waals surface area contributed by atoms with Crippen molar-refractivity contribution in [3.05, 3.63) is 65.3 Å². The van der Waals surface area contributed by atoms with Crippen LogP contribution >= 0.6 is 0 Å². The van der Waals surface area contributed by atoms with Gasteiger partial charge >= 0.3 is 6.03 Å². The second-order valence-corrected chi connectivity index (χ2v) is 10.8. The summed E-state index contributed by atoms with van der Waals surface area (Å²) in [6.07, 6.45) is 3.46. The van der Waals surface area contributed by atoms with Crippen molar-refractivity contribution < 1.29 is 27.6 Å². The van der Waals surface area contributed by atoms with Crippen LogP contribution < -0.4 is 4.90 Å². The highest BCUT2D eigenvalue weighted by atomic mass is 19.2. The van der Waals surface area contributed by atoms with Crippen molar-refractivity contribution in [2.45, 2.75) is 64.1 Å². The molecule has 0 N–H and O–H groups in total. The van der Waals surface area contributed by atoms with Gasteiger partial charge in [-0.2, -0.15) is 0 Å². The molecule has 1 saturated carbocycles. The Balaban J connectivity index is 1.53. The van der Waals surface area contributed by atoms with E-state index in [1.165, 1.54) is 18.0 Å². The predicted molar refractivity (Wildman–Crippen MR) is 147 cm³/mol. The molecule has 11 heteroatoms. The Bertz CT molecular complexity index is 1640. The molecule has 3 amide bonds. The molecule has 0 bridgehead atoms. The quantitative estimate of drug-likeness (QED) is 0.285. The number of benzene rings is 2. The second kappa shape index (κ2) is 10.4. The lowest BCUT2D eigenvalue weighted by Gasteiger charge is -2.39. The standard InChI is InChI=1S/C30H31F2N5O4/c1-16-28(17(2)41-34-16)18-5-12-25-24(13-18)33-29(36(25)19-6-9-21(40-4)10-7-19)26-15-27(38)35(3)30(39)37(26)20-8-11-22(31)23(32)14-20/h5,8,11-14,19,21,26H,6-7,9-10,15H2,1-4H3/t19?,21?,26-/m0/s1. The molecule has 1 atom stereocenters. The number of rotatable bonds is 5. The molecule has 41 heavy (non-hydrogen) atoms. The van der Waals surface area contributed by atoms with E-state index >= 15 is 0 Å². The fourth-order valence-electron chi connectivity index (χ4n) is 6.25. The largest absolute Gasteiger partial charge is 0.381 e. The molecule has 2 aromatic heterocycles. The number of ether oxygens (including phenoxy) is 1. The summed E-state index contributed by atoms with van der Waals surface area (Å²) in [6.45, 7) is 3.73. The number of carbonyl (C=O) groups is 2. The molecule has 0 unspecified atom stereocenters. The van der Waals surface area contributed by atoms with Crippen molar-refractivity contribution >= 4 is 28.7 Å². The van der Waals surface area contributed by atoms with Crippen molar-refractivity contribution in [2.75, 3.05) is 19.1 Å². The molecule has 1 aliphatic heterocycles. The molecule has 2 aromatic carbocycles. The fourth-order valence-corrected chi connectivity index (χ4v) is 6.25. The first-order valence-electron chi connectivity index (χ1n) is 13.7. The van der Waals surface area contributed by atoms with Gasteiger partial charge in [0.25, 0.3) is 0 Å². The molecular weight excluding hydrogens is 532 g/mol.